The van der Waals surface area contributed by atoms with Gasteiger partial charge in [0, 0.05) is 0 Å². The highest BCUT2D eigenvalue weighted by Gasteiger charge is 2.42. The molecule has 0 fully saturated rings. The van der Waals surface area contributed by atoms with E-state index in [1.54, 1.807) is 0 Å². The lowest BCUT2D eigenvalue weighted by Crippen LogP contribution is -2.24. The van der Waals surface area contributed by atoms with Crippen molar-refractivity contribution in [3.8, 4) is 11.1 Å². The zero-order valence-corrected chi connectivity index (χ0v) is 15.0. The molecule has 1 aliphatic rings. The zero-order valence-electron chi connectivity index (χ0n) is 15.0. The number of hydrogen-bond donors (Lipinski definition) is 0. The largest absolute Gasteiger partial charge is 0.0647 e. The van der Waals surface area contributed by atoms with Crippen molar-refractivity contribution in [3.05, 3.63) is 138 Å². The third kappa shape index (κ3) is 2.45. The molecule has 1 aliphatic carbocycles. The summed E-state index contributed by atoms with van der Waals surface area (Å²) in [5.74, 6) is 0. The fourth-order valence-electron chi connectivity index (χ4n) is 4.34. The first kappa shape index (κ1) is 15.8. The van der Waals surface area contributed by atoms with E-state index >= 15 is 0 Å². The molecule has 5 rings (SSSR count). The summed E-state index contributed by atoms with van der Waals surface area (Å²) < 4.78 is 0. The predicted molar refractivity (Wildman–Crippen MR) is 114 cm³/mol. The van der Waals surface area contributed by atoms with Gasteiger partial charge < -0.3 is 0 Å². The minimum absolute atomic E-state index is 0.274. The van der Waals surface area contributed by atoms with Gasteiger partial charge in [0.15, 0.2) is 0 Å². The molecule has 0 aromatic heterocycles. The lowest BCUT2D eigenvalue weighted by molar-refractivity contribution is 0.808. The number of rotatable bonds is 3. The van der Waals surface area contributed by atoms with Crippen molar-refractivity contribution in [2.45, 2.75) is 5.41 Å². The molecular weight excluding hydrogens is 324 g/mol. The van der Waals surface area contributed by atoms with E-state index in [0.717, 1.165) is 0 Å². The summed E-state index contributed by atoms with van der Waals surface area (Å²) in [6.45, 7) is 0. The first-order valence-electron chi connectivity index (χ1n) is 9.39. The number of fused-ring (bicyclic) bond motifs is 3. The van der Waals surface area contributed by atoms with E-state index in [1.807, 2.05) is 0 Å². The highest BCUT2D eigenvalue weighted by atomic mass is 14.4. The Bertz CT molecular complexity index is 1060. The molecule has 128 valence electrons. The van der Waals surface area contributed by atoms with Crippen LogP contribution < -0.4 is 0 Å². The number of allylic oxidation sites excluding steroid dienone is 1. The van der Waals surface area contributed by atoms with Crippen molar-refractivity contribution in [2.75, 3.05) is 0 Å². The Balaban J connectivity index is 1.83. The molecule has 0 radical (unpaired) electrons. The molecule has 0 N–H and O–H groups in total. The van der Waals surface area contributed by atoms with Crippen molar-refractivity contribution in [1.29, 1.82) is 0 Å². The van der Waals surface area contributed by atoms with Crippen molar-refractivity contribution in [2.24, 2.45) is 0 Å². The van der Waals surface area contributed by atoms with Crippen LogP contribution in [0.1, 0.15) is 22.3 Å². The minimum Gasteiger partial charge on any atom is -0.0646 e. The lowest BCUT2D eigenvalue weighted by Gasteiger charge is -2.29. The molecule has 0 heterocycles. The molecule has 0 aliphatic heterocycles. The van der Waals surface area contributed by atoms with Crippen molar-refractivity contribution < 1.29 is 0 Å². The first-order chi connectivity index (χ1) is 13.4. The second kappa shape index (κ2) is 6.41. The van der Waals surface area contributed by atoms with Crippen LogP contribution in [-0.2, 0) is 5.41 Å². The topological polar surface area (TPSA) is 0 Å². The molecule has 0 spiro atoms. The van der Waals surface area contributed by atoms with Crippen LogP contribution in [0.2, 0.25) is 0 Å². The van der Waals surface area contributed by atoms with Gasteiger partial charge in [-0.25, -0.2) is 0 Å². The van der Waals surface area contributed by atoms with Crippen molar-refractivity contribution in [1.82, 2.24) is 0 Å². The van der Waals surface area contributed by atoms with E-state index in [0.29, 0.717) is 0 Å². The average molecular weight is 344 g/mol. The summed E-state index contributed by atoms with van der Waals surface area (Å²) in [7, 11) is 0. The molecular formula is C27H20. The molecule has 0 unspecified atom stereocenters. The Morgan fingerprint density at radius 1 is 0.481 bits per heavy atom. The van der Waals surface area contributed by atoms with Gasteiger partial charge in [-0.15, -0.1) is 0 Å². The summed E-state index contributed by atoms with van der Waals surface area (Å²) in [5, 5.41) is 0. The monoisotopic (exact) mass is 344 g/mol. The smallest absolute Gasteiger partial charge is 0.0646 e. The van der Waals surface area contributed by atoms with Crippen LogP contribution in [0.4, 0.5) is 0 Å². The Morgan fingerprint density at radius 3 is 1.56 bits per heavy atom. The van der Waals surface area contributed by atoms with Gasteiger partial charge in [-0.3, -0.25) is 0 Å². The fourth-order valence-corrected chi connectivity index (χ4v) is 4.34. The predicted octanol–water partition coefficient (Wildman–Crippen LogP) is 6.71. The quantitative estimate of drug-likeness (QED) is 0.387. The second-order valence-corrected chi connectivity index (χ2v) is 7.01. The molecule has 0 heteroatoms. The Labute approximate surface area is 160 Å². The summed E-state index contributed by atoms with van der Waals surface area (Å²) >= 11 is 0. The van der Waals surface area contributed by atoms with E-state index in [-0.39, 0.29) is 5.41 Å². The van der Waals surface area contributed by atoms with Crippen molar-refractivity contribution in [3.63, 3.8) is 0 Å². The standard InChI is InChI=1S/C27H20/c1-3-11-21(12-4-1)19-20-27(22-13-5-2-6-14-22)25-17-9-7-15-23(25)24-16-8-10-18-26(24)27/h1-20H/b20-19+. The summed E-state index contributed by atoms with van der Waals surface area (Å²) in [4.78, 5) is 0. The highest BCUT2D eigenvalue weighted by Crippen LogP contribution is 2.53. The molecule has 0 amide bonds. The SMILES string of the molecule is C(=C\C1(c2ccccc2)c2ccccc2-c2ccccc21)/c1ccccc1. The Kier molecular flexibility index (Phi) is 3.76. The summed E-state index contributed by atoms with van der Waals surface area (Å²) in [6.07, 6.45) is 4.63. The molecule has 0 nitrogen and oxygen atoms in total. The van der Waals surface area contributed by atoms with E-state index in [4.69, 9.17) is 0 Å². The Morgan fingerprint density at radius 2 is 0.963 bits per heavy atom. The van der Waals surface area contributed by atoms with Crippen LogP contribution in [0.3, 0.4) is 0 Å². The van der Waals surface area contributed by atoms with E-state index in [9.17, 15) is 0 Å². The lowest BCUT2D eigenvalue weighted by atomic mass is 9.72. The second-order valence-electron chi connectivity index (χ2n) is 7.01. The average Bonchev–Trinajstić information content (AvgIpc) is 3.05. The van der Waals surface area contributed by atoms with E-state index < -0.39 is 0 Å². The summed E-state index contributed by atoms with van der Waals surface area (Å²) in [6, 6.07) is 39.0. The third-order valence-corrected chi connectivity index (χ3v) is 5.55. The van der Waals surface area contributed by atoms with Crippen molar-refractivity contribution >= 4 is 6.08 Å². The van der Waals surface area contributed by atoms with Crippen LogP contribution in [0, 0.1) is 0 Å². The molecule has 27 heavy (non-hydrogen) atoms. The van der Waals surface area contributed by atoms with Gasteiger partial charge in [0.2, 0.25) is 0 Å². The maximum absolute atomic E-state index is 2.38. The van der Waals surface area contributed by atoms with Crippen LogP contribution >= 0.6 is 0 Å². The van der Waals surface area contributed by atoms with Gasteiger partial charge in [-0.2, -0.15) is 0 Å². The maximum atomic E-state index is 2.38. The fraction of sp³-hybridized carbons (Fsp3) is 0.0370. The van der Waals surface area contributed by atoms with Crippen LogP contribution in [-0.4, -0.2) is 0 Å². The number of hydrogen-bond acceptors (Lipinski definition) is 0. The normalized spacial score (nSPS) is 14.1. The van der Waals surface area contributed by atoms with Gasteiger partial charge in [0.1, 0.15) is 0 Å². The van der Waals surface area contributed by atoms with E-state index in [2.05, 4.69) is 121 Å². The zero-order chi connectivity index (χ0) is 18.1. The van der Waals surface area contributed by atoms with Gasteiger partial charge in [-0.1, -0.05) is 121 Å². The number of benzene rings is 4. The highest BCUT2D eigenvalue weighted by molar-refractivity contribution is 5.85. The van der Waals surface area contributed by atoms with Gasteiger partial charge in [0.25, 0.3) is 0 Å². The van der Waals surface area contributed by atoms with E-state index in [1.165, 1.54) is 33.4 Å². The molecule has 4 aromatic carbocycles. The molecule has 0 saturated heterocycles. The van der Waals surface area contributed by atoms with Crippen LogP contribution in [0.5, 0.6) is 0 Å². The van der Waals surface area contributed by atoms with Crippen LogP contribution in [0.25, 0.3) is 17.2 Å². The van der Waals surface area contributed by atoms with Crippen LogP contribution in [0.15, 0.2) is 115 Å². The first-order valence-corrected chi connectivity index (χ1v) is 9.39. The molecule has 0 atom stereocenters. The minimum atomic E-state index is -0.274. The molecule has 4 aromatic rings. The maximum Gasteiger partial charge on any atom is 0.0647 e. The molecule has 0 saturated carbocycles. The van der Waals surface area contributed by atoms with Gasteiger partial charge in [0.05, 0.1) is 5.41 Å². The Hall–Kier alpha value is -3.38. The summed E-state index contributed by atoms with van der Waals surface area (Å²) in [5.41, 5.74) is 7.60. The third-order valence-electron chi connectivity index (χ3n) is 5.55. The van der Waals surface area contributed by atoms with Gasteiger partial charge >= 0.3 is 0 Å². The molecule has 0 bridgehead atoms. The van der Waals surface area contributed by atoms with Gasteiger partial charge in [-0.05, 0) is 33.4 Å².